The van der Waals surface area contributed by atoms with Crippen molar-refractivity contribution >= 4 is 5.69 Å². The molecule has 1 aromatic carbocycles. The summed E-state index contributed by atoms with van der Waals surface area (Å²) in [6.07, 6.45) is -0.482. The van der Waals surface area contributed by atoms with Crippen LogP contribution < -0.4 is 16.2 Å². The summed E-state index contributed by atoms with van der Waals surface area (Å²) < 4.78 is 5.34. The Morgan fingerprint density at radius 1 is 1.57 bits per heavy atom. The highest BCUT2D eigenvalue weighted by molar-refractivity contribution is 5.47. The molecule has 0 saturated carbocycles. The van der Waals surface area contributed by atoms with Crippen LogP contribution in [0.1, 0.15) is 12.5 Å². The Morgan fingerprint density at radius 2 is 2.29 bits per heavy atom. The van der Waals surface area contributed by atoms with E-state index in [0.29, 0.717) is 18.0 Å². The summed E-state index contributed by atoms with van der Waals surface area (Å²) in [5, 5.41) is 8.58. The van der Waals surface area contributed by atoms with E-state index in [4.69, 9.17) is 21.5 Å². The molecule has 1 atom stereocenters. The Kier molecular flexibility index (Phi) is 3.32. The first-order chi connectivity index (χ1) is 6.67. The molecule has 1 unspecified atom stereocenters. The summed E-state index contributed by atoms with van der Waals surface area (Å²) in [7, 11) is 0. The second-order valence-electron chi connectivity index (χ2n) is 2.96. The van der Waals surface area contributed by atoms with Crippen molar-refractivity contribution in [2.75, 3.05) is 5.73 Å². The van der Waals surface area contributed by atoms with Gasteiger partial charge in [-0.1, -0.05) is 0 Å². The van der Waals surface area contributed by atoms with Gasteiger partial charge in [-0.2, -0.15) is 5.26 Å². The van der Waals surface area contributed by atoms with E-state index >= 15 is 0 Å². The lowest BCUT2D eigenvalue weighted by atomic mass is 10.2. The number of nitriles is 1. The maximum absolute atomic E-state index is 8.58. The minimum Gasteiger partial charge on any atom is -0.476 e. The van der Waals surface area contributed by atoms with Gasteiger partial charge in [0.05, 0.1) is 0 Å². The van der Waals surface area contributed by atoms with Crippen LogP contribution in [0, 0.1) is 11.3 Å². The van der Waals surface area contributed by atoms with Gasteiger partial charge >= 0.3 is 0 Å². The van der Waals surface area contributed by atoms with Crippen LogP contribution in [-0.2, 0) is 6.54 Å². The molecule has 0 saturated heterocycles. The Bertz CT molecular complexity index is 357. The maximum atomic E-state index is 8.58. The van der Waals surface area contributed by atoms with Gasteiger partial charge in [0.15, 0.2) is 6.10 Å². The third-order valence-electron chi connectivity index (χ3n) is 1.79. The molecule has 0 bridgehead atoms. The van der Waals surface area contributed by atoms with E-state index in [2.05, 4.69) is 0 Å². The van der Waals surface area contributed by atoms with E-state index in [0.717, 1.165) is 5.56 Å². The summed E-state index contributed by atoms with van der Waals surface area (Å²) in [5.41, 5.74) is 12.6. The van der Waals surface area contributed by atoms with Crippen molar-refractivity contribution in [3.63, 3.8) is 0 Å². The molecule has 4 heteroatoms. The predicted molar refractivity (Wildman–Crippen MR) is 54.4 cm³/mol. The molecule has 1 aromatic rings. The fraction of sp³-hybridized carbons (Fsp3) is 0.300. The normalized spacial score (nSPS) is 11.8. The second-order valence-corrected chi connectivity index (χ2v) is 2.96. The molecule has 1 rings (SSSR count). The highest BCUT2D eigenvalue weighted by Gasteiger charge is 2.06. The zero-order chi connectivity index (χ0) is 10.6. The Labute approximate surface area is 83.1 Å². The lowest BCUT2D eigenvalue weighted by molar-refractivity contribution is 0.274. The molecule has 0 amide bonds. The van der Waals surface area contributed by atoms with Gasteiger partial charge in [0.2, 0.25) is 0 Å². The number of nitrogens with two attached hydrogens (primary N) is 2. The molecule has 0 aliphatic rings. The second kappa shape index (κ2) is 4.49. The average molecular weight is 191 g/mol. The van der Waals surface area contributed by atoms with Crippen LogP contribution in [-0.4, -0.2) is 6.10 Å². The fourth-order valence-corrected chi connectivity index (χ4v) is 1.09. The molecule has 0 spiro atoms. The van der Waals surface area contributed by atoms with Gasteiger partial charge in [-0.25, -0.2) is 0 Å². The molecule has 0 fully saturated rings. The van der Waals surface area contributed by atoms with E-state index < -0.39 is 6.10 Å². The number of anilines is 1. The Balaban J connectivity index is 2.92. The number of hydrogen-bond donors (Lipinski definition) is 2. The predicted octanol–water partition coefficient (Wildman–Crippen LogP) is 1.02. The van der Waals surface area contributed by atoms with Crippen molar-refractivity contribution in [1.29, 1.82) is 5.26 Å². The minimum atomic E-state index is -0.482. The van der Waals surface area contributed by atoms with Crippen LogP contribution in [0.25, 0.3) is 0 Å². The number of rotatable bonds is 3. The minimum absolute atomic E-state index is 0.346. The third kappa shape index (κ3) is 2.38. The number of hydrogen-bond acceptors (Lipinski definition) is 4. The van der Waals surface area contributed by atoms with Gasteiger partial charge < -0.3 is 16.2 Å². The van der Waals surface area contributed by atoms with Crippen molar-refractivity contribution in [2.45, 2.75) is 19.6 Å². The molecule has 14 heavy (non-hydrogen) atoms. The van der Waals surface area contributed by atoms with Gasteiger partial charge in [0.1, 0.15) is 11.8 Å². The van der Waals surface area contributed by atoms with Crippen LogP contribution in [0.15, 0.2) is 18.2 Å². The monoisotopic (exact) mass is 191 g/mol. The standard InChI is InChI=1S/C10H13N3O/c1-7(5-11)14-10-3-2-9(13)4-8(10)6-12/h2-4,7H,6,12-13H2,1H3. The van der Waals surface area contributed by atoms with E-state index in [1.165, 1.54) is 0 Å². The quantitative estimate of drug-likeness (QED) is 0.698. The molecule has 0 radical (unpaired) electrons. The van der Waals surface area contributed by atoms with E-state index in [-0.39, 0.29) is 0 Å². The molecule has 74 valence electrons. The van der Waals surface area contributed by atoms with Gasteiger partial charge in [-0.3, -0.25) is 0 Å². The molecular formula is C10H13N3O. The van der Waals surface area contributed by atoms with E-state index in [9.17, 15) is 0 Å². The largest absolute Gasteiger partial charge is 0.476 e. The van der Waals surface area contributed by atoms with E-state index in [1.807, 2.05) is 6.07 Å². The first-order valence-electron chi connectivity index (χ1n) is 4.32. The van der Waals surface area contributed by atoms with Gasteiger partial charge in [-0.05, 0) is 25.1 Å². The summed E-state index contributed by atoms with van der Waals surface area (Å²) in [5.74, 6) is 0.621. The first-order valence-corrected chi connectivity index (χ1v) is 4.32. The maximum Gasteiger partial charge on any atom is 0.181 e. The number of nitrogen functional groups attached to an aromatic ring is 1. The van der Waals surface area contributed by atoms with Crippen LogP contribution in [0.5, 0.6) is 5.75 Å². The first kappa shape index (κ1) is 10.4. The zero-order valence-corrected chi connectivity index (χ0v) is 8.03. The van der Waals surface area contributed by atoms with Gasteiger partial charge in [0.25, 0.3) is 0 Å². The molecule has 0 aromatic heterocycles. The molecule has 0 heterocycles. The average Bonchev–Trinajstić information content (AvgIpc) is 2.20. The molecule has 4 nitrogen and oxygen atoms in total. The highest BCUT2D eigenvalue weighted by Crippen LogP contribution is 2.21. The van der Waals surface area contributed by atoms with Crippen molar-refractivity contribution in [2.24, 2.45) is 5.73 Å². The van der Waals surface area contributed by atoms with Crippen LogP contribution in [0.4, 0.5) is 5.69 Å². The van der Waals surface area contributed by atoms with Crippen molar-refractivity contribution in [1.82, 2.24) is 0 Å². The third-order valence-corrected chi connectivity index (χ3v) is 1.79. The van der Waals surface area contributed by atoms with E-state index in [1.54, 1.807) is 25.1 Å². The van der Waals surface area contributed by atoms with Crippen molar-refractivity contribution < 1.29 is 4.74 Å². The number of nitrogens with zero attached hydrogens (tertiary/aromatic N) is 1. The summed E-state index contributed by atoms with van der Waals surface area (Å²) >= 11 is 0. The van der Waals surface area contributed by atoms with Crippen molar-refractivity contribution in [3.8, 4) is 11.8 Å². The molecule has 0 aliphatic carbocycles. The van der Waals surface area contributed by atoms with Crippen molar-refractivity contribution in [3.05, 3.63) is 23.8 Å². The Morgan fingerprint density at radius 3 is 2.86 bits per heavy atom. The molecular weight excluding hydrogens is 178 g/mol. The number of ether oxygens (including phenoxy) is 1. The van der Waals surface area contributed by atoms with Crippen LogP contribution >= 0.6 is 0 Å². The summed E-state index contributed by atoms with van der Waals surface area (Å²) in [6.45, 7) is 2.02. The van der Waals surface area contributed by atoms with Gasteiger partial charge in [-0.15, -0.1) is 0 Å². The SMILES string of the molecule is CC(C#N)Oc1ccc(N)cc1CN. The molecule has 4 N–H and O–H groups in total. The fourth-order valence-electron chi connectivity index (χ4n) is 1.09. The summed E-state index contributed by atoms with van der Waals surface area (Å²) in [4.78, 5) is 0. The lowest BCUT2D eigenvalue weighted by Gasteiger charge is -2.11. The van der Waals surface area contributed by atoms with Crippen LogP contribution in [0.2, 0.25) is 0 Å². The lowest BCUT2D eigenvalue weighted by Crippen LogP contribution is -2.11. The highest BCUT2D eigenvalue weighted by atomic mass is 16.5. The molecule has 0 aliphatic heterocycles. The van der Waals surface area contributed by atoms with Crippen LogP contribution in [0.3, 0.4) is 0 Å². The zero-order valence-electron chi connectivity index (χ0n) is 8.03. The smallest absolute Gasteiger partial charge is 0.181 e. The number of benzene rings is 1. The summed E-state index contributed by atoms with van der Waals surface area (Å²) in [6, 6.07) is 7.18. The van der Waals surface area contributed by atoms with Gasteiger partial charge in [0, 0.05) is 17.8 Å². The topological polar surface area (TPSA) is 85.1 Å². The Hall–Kier alpha value is -1.73.